The lowest BCUT2D eigenvalue weighted by Crippen LogP contribution is -2.60. The summed E-state index contributed by atoms with van der Waals surface area (Å²) in [6.45, 7) is 0. The number of imide groups is 2. The fraction of sp³-hybridized carbons (Fsp3) is 0.321. The van der Waals surface area contributed by atoms with E-state index in [2.05, 4.69) is 15.9 Å². The molecule has 0 bridgehead atoms. The van der Waals surface area contributed by atoms with Gasteiger partial charge in [-0.05, 0) is 48.6 Å². The first kappa shape index (κ1) is 27.7. The van der Waals surface area contributed by atoms with E-state index in [0.717, 1.165) is 21.9 Å². The van der Waals surface area contributed by atoms with Crippen molar-refractivity contribution in [1.29, 1.82) is 0 Å². The average Bonchev–Trinajstić information content (AvgIpc) is 3.26. The van der Waals surface area contributed by atoms with Gasteiger partial charge in [-0.3, -0.25) is 24.1 Å². The van der Waals surface area contributed by atoms with Crippen LogP contribution in [0.15, 0.2) is 54.1 Å². The van der Waals surface area contributed by atoms with E-state index in [-0.39, 0.29) is 29.7 Å². The summed E-state index contributed by atoms with van der Waals surface area (Å²) in [5.41, 5.74) is 0.437. The lowest BCUT2D eigenvalue weighted by molar-refractivity contribution is -0.138. The number of alkyl halides is 3. The minimum atomic E-state index is -1.98. The molecule has 6 unspecified atom stereocenters. The number of nitrogens with zero attached hydrogens (tertiary/aromatic N) is 2. The monoisotopic (exact) mass is 662 g/mol. The molecule has 4 amide bonds. The number of anilines is 1. The van der Waals surface area contributed by atoms with Gasteiger partial charge in [0.15, 0.2) is 9.75 Å². The Morgan fingerprint density at radius 3 is 2.37 bits per heavy atom. The Morgan fingerprint density at radius 2 is 1.73 bits per heavy atom. The summed E-state index contributed by atoms with van der Waals surface area (Å²) in [5, 5.41) is 29.7. The molecular formula is C28H21BrCl2N2O8. The van der Waals surface area contributed by atoms with Gasteiger partial charge in [-0.15, -0.1) is 23.2 Å². The number of phenols is 2. The normalized spacial score (nSPS) is 32.5. The molecule has 4 aliphatic rings. The predicted molar refractivity (Wildman–Crippen MR) is 149 cm³/mol. The minimum absolute atomic E-state index is 0.00338. The van der Waals surface area contributed by atoms with Gasteiger partial charge in [0.1, 0.15) is 17.1 Å². The molecule has 2 saturated heterocycles. The largest absolute Gasteiger partial charge is 0.508 e. The molecule has 0 spiro atoms. The second kappa shape index (κ2) is 9.30. The number of aromatic carboxylic acids is 1. The Balaban J connectivity index is 1.49. The standard InChI is InChI=1S/C28H21BrCl2N2O8/c29-11-32-25(40)27(30)10-18-15(21(28(27,31)26(32)41)12-2-1-3-14(34)8-12)6-7-17-20(18)23(37)33(22(17)36)13-4-5-16(24(38)39)19(35)9-13/h1-6,8-9,17-18,20-21,34-35H,7,10-11H2,(H,38,39). The number of carbonyl (C=O) groups excluding carboxylic acids is 4. The highest BCUT2D eigenvalue weighted by atomic mass is 79.9. The highest BCUT2D eigenvalue weighted by Crippen LogP contribution is 2.65. The van der Waals surface area contributed by atoms with E-state index < -0.39 is 74.3 Å². The van der Waals surface area contributed by atoms with Crippen LogP contribution >= 0.6 is 39.1 Å². The number of benzene rings is 2. The number of carboxylic acid groups (broad SMARTS) is 1. The van der Waals surface area contributed by atoms with Crippen LogP contribution in [0.5, 0.6) is 11.5 Å². The topological polar surface area (TPSA) is 153 Å². The highest BCUT2D eigenvalue weighted by molar-refractivity contribution is 9.09. The Labute approximate surface area is 251 Å². The Bertz CT molecular complexity index is 1610. The number of likely N-dealkylation sites (tertiary alicyclic amines) is 1. The number of carbonyl (C=O) groups is 5. The summed E-state index contributed by atoms with van der Waals surface area (Å²) >= 11 is 17.4. The van der Waals surface area contributed by atoms with Gasteiger partial charge in [-0.1, -0.05) is 39.7 Å². The number of carboxylic acids is 1. The molecule has 13 heteroatoms. The van der Waals surface area contributed by atoms with Crippen LogP contribution in [0.3, 0.4) is 0 Å². The number of hydrogen-bond acceptors (Lipinski definition) is 7. The van der Waals surface area contributed by atoms with E-state index in [4.69, 9.17) is 23.2 Å². The summed E-state index contributed by atoms with van der Waals surface area (Å²) in [6.07, 6.45) is 1.68. The van der Waals surface area contributed by atoms with Gasteiger partial charge in [0.2, 0.25) is 11.8 Å². The van der Waals surface area contributed by atoms with Crippen LogP contribution in [0.2, 0.25) is 0 Å². The van der Waals surface area contributed by atoms with Gasteiger partial charge < -0.3 is 15.3 Å². The molecule has 0 aromatic heterocycles. The van der Waals surface area contributed by atoms with E-state index >= 15 is 0 Å². The molecule has 41 heavy (non-hydrogen) atoms. The van der Waals surface area contributed by atoms with Gasteiger partial charge in [0.25, 0.3) is 11.8 Å². The van der Waals surface area contributed by atoms with Crippen molar-refractivity contribution in [3.05, 3.63) is 65.2 Å². The number of fused-ring (bicyclic) bond motifs is 4. The van der Waals surface area contributed by atoms with Gasteiger partial charge in [0.05, 0.1) is 23.0 Å². The van der Waals surface area contributed by atoms with Crippen molar-refractivity contribution in [3.8, 4) is 11.5 Å². The highest BCUT2D eigenvalue weighted by Gasteiger charge is 2.76. The molecule has 0 radical (unpaired) electrons. The maximum absolute atomic E-state index is 14.0. The first-order valence-corrected chi connectivity index (χ1v) is 14.5. The summed E-state index contributed by atoms with van der Waals surface area (Å²) in [7, 11) is 0. The zero-order chi connectivity index (χ0) is 29.6. The average molecular weight is 664 g/mol. The van der Waals surface area contributed by atoms with Gasteiger partial charge in [0, 0.05) is 12.0 Å². The zero-order valence-corrected chi connectivity index (χ0v) is 24.1. The van der Waals surface area contributed by atoms with E-state index in [1.807, 2.05) is 0 Å². The molecule has 2 aromatic carbocycles. The smallest absolute Gasteiger partial charge is 0.339 e. The number of rotatable bonds is 4. The Kier molecular flexibility index (Phi) is 6.29. The molecular weight excluding hydrogens is 643 g/mol. The summed E-state index contributed by atoms with van der Waals surface area (Å²) in [6, 6.07) is 9.50. The number of hydrogen-bond donors (Lipinski definition) is 3. The van der Waals surface area contributed by atoms with Crippen molar-refractivity contribution in [3.63, 3.8) is 0 Å². The van der Waals surface area contributed by atoms with Crippen molar-refractivity contribution in [2.45, 2.75) is 28.5 Å². The van der Waals surface area contributed by atoms with Crippen molar-refractivity contribution >= 4 is 74.4 Å². The maximum Gasteiger partial charge on any atom is 0.339 e. The van der Waals surface area contributed by atoms with Gasteiger partial charge >= 0.3 is 5.97 Å². The first-order valence-electron chi connectivity index (χ1n) is 12.6. The van der Waals surface area contributed by atoms with Crippen LogP contribution in [0.1, 0.15) is 34.7 Å². The number of phenolic OH excluding ortho intramolecular Hbond substituents is 1. The fourth-order valence-corrected chi connectivity index (χ4v) is 8.35. The maximum atomic E-state index is 14.0. The fourth-order valence-electron chi connectivity index (χ4n) is 6.93. The van der Waals surface area contributed by atoms with Crippen molar-refractivity contribution < 1.29 is 39.3 Å². The number of halogens is 3. The van der Waals surface area contributed by atoms with Crippen molar-refractivity contribution in [2.24, 2.45) is 17.8 Å². The van der Waals surface area contributed by atoms with Crippen LogP contribution in [0.4, 0.5) is 5.69 Å². The SMILES string of the molecule is O=C(O)c1ccc(N2C(=O)C3CC=C4C(CC5(Cl)C(=O)N(CBr)C(=O)C5(Cl)C4c4cccc(O)c4)C3C2=O)cc1O. The number of amides is 4. The Hall–Kier alpha value is -3.41. The van der Waals surface area contributed by atoms with Gasteiger partial charge in [-0.2, -0.15) is 0 Å². The van der Waals surface area contributed by atoms with Crippen LogP contribution in [-0.2, 0) is 19.2 Å². The molecule has 3 fully saturated rings. The van der Waals surface area contributed by atoms with E-state index in [1.54, 1.807) is 18.2 Å². The van der Waals surface area contributed by atoms with E-state index in [1.165, 1.54) is 18.2 Å². The second-order valence-corrected chi connectivity index (χ2v) is 12.3. The zero-order valence-electron chi connectivity index (χ0n) is 21.0. The molecule has 6 rings (SSSR count). The van der Waals surface area contributed by atoms with Gasteiger partial charge in [-0.25, -0.2) is 9.69 Å². The number of aromatic hydroxyl groups is 2. The van der Waals surface area contributed by atoms with Crippen LogP contribution < -0.4 is 4.90 Å². The Morgan fingerprint density at radius 1 is 1.00 bits per heavy atom. The van der Waals surface area contributed by atoms with E-state index in [0.29, 0.717) is 11.1 Å². The first-order chi connectivity index (χ1) is 19.4. The van der Waals surface area contributed by atoms with Crippen molar-refractivity contribution in [1.82, 2.24) is 4.90 Å². The molecule has 212 valence electrons. The predicted octanol–water partition coefficient (Wildman–Crippen LogP) is 3.71. The molecule has 1 saturated carbocycles. The molecule has 6 atom stereocenters. The summed E-state index contributed by atoms with van der Waals surface area (Å²) < 4.78 is 0. The number of allylic oxidation sites excluding steroid dienone is 2. The molecule has 10 nitrogen and oxygen atoms in total. The van der Waals surface area contributed by atoms with Crippen LogP contribution in [0.25, 0.3) is 0 Å². The second-order valence-electron chi connectivity index (χ2n) is 10.6. The van der Waals surface area contributed by atoms with Crippen molar-refractivity contribution in [2.75, 3.05) is 10.4 Å². The third kappa shape index (κ3) is 3.58. The summed E-state index contributed by atoms with van der Waals surface area (Å²) in [5.74, 6) is -8.26. The van der Waals surface area contributed by atoms with Crippen LogP contribution in [-0.4, -0.2) is 65.0 Å². The lowest BCUT2D eigenvalue weighted by atomic mass is 9.56. The quantitative estimate of drug-likeness (QED) is 0.194. The van der Waals surface area contributed by atoms with E-state index in [9.17, 15) is 39.3 Å². The molecule has 2 heterocycles. The third-order valence-corrected chi connectivity index (χ3v) is 10.6. The minimum Gasteiger partial charge on any atom is -0.508 e. The third-order valence-electron chi connectivity index (χ3n) is 8.69. The summed E-state index contributed by atoms with van der Waals surface area (Å²) in [4.78, 5) is 64.1. The lowest BCUT2D eigenvalue weighted by Gasteiger charge is -2.50. The van der Waals surface area contributed by atoms with Crippen LogP contribution in [0, 0.1) is 17.8 Å². The molecule has 2 aliphatic heterocycles. The molecule has 3 N–H and O–H groups in total. The molecule has 2 aliphatic carbocycles. The molecule has 2 aromatic rings.